The van der Waals surface area contributed by atoms with Crippen LogP contribution in [0.3, 0.4) is 0 Å². The van der Waals surface area contributed by atoms with Gasteiger partial charge in [0.05, 0.1) is 23.2 Å². The highest BCUT2D eigenvalue weighted by atomic mass is 19.4. The van der Waals surface area contributed by atoms with Crippen LogP contribution in [0.2, 0.25) is 0 Å². The van der Waals surface area contributed by atoms with E-state index in [4.69, 9.17) is 5.11 Å². The molecule has 3 aromatic carbocycles. The molecule has 0 saturated carbocycles. The van der Waals surface area contributed by atoms with Gasteiger partial charge < -0.3 is 15.3 Å². The molecule has 0 spiro atoms. The molecular weight excluding hydrogens is 449 g/mol. The van der Waals surface area contributed by atoms with E-state index in [0.717, 1.165) is 12.1 Å². The molecule has 176 valence electrons. The molecule has 0 saturated heterocycles. The SMILES string of the molecule is CN(C)C(=O)c1cc(CC(=O)O)ccc1NC(=O)c1ccccc1-c1ccc(C(F)(F)F)cc1. The third-order valence-corrected chi connectivity index (χ3v) is 5.02. The Morgan fingerprint density at radius 2 is 1.56 bits per heavy atom. The monoisotopic (exact) mass is 470 g/mol. The van der Waals surface area contributed by atoms with Crippen LogP contribution in [0, 0.1) is 0 Å². The van der Waals surface area contributed by atoms with Crippen molar-refractivity contribution in [1.29, 1.82) is 0 Å². The summed E-state index contributed by atoms with van der Waals surface area (Å²) in [7, 11) is 3.05. The number of anilines is 1. The highest BCUT2D eigenvalue weighted by Crippen LogP contribution is 2.32. The van der Waals surface area contributed by atoms with Gasteiger partial charge in [-0.1, -0.05) is 36.4 Å². The van der Waals surface area contributed by atoms with Gasteiger partial charge >= 0.3 is 12.1 Å². The van der Waals surface area contributed by atoms with Crippen LogP contribution in [0.25, 0.3) is 11.1 Å². The van der Waals surface area contributed by atoms with Crippen LogP contribution in [0.1, 0.15) is 31.8 Å². The molecule has 0 aliphatic rings. The van der Waals surface area contributed by atoms with Crippen LogP contribution < -0.4 is 5.32 Å². The number of carboxylic acids is 1. The fourth-order valence-corrected chi connectivity index (χ4v) is 3.36. The molecule has 9 heteroatoms. The molecule has 3 rings (SSSR count). The van der Waals surface area contributed by atoms with Gasteiger partial charge in [-0.15, -0.1) is 0 Å². The maximum Gasteiger partial charge on any atom is 0.416 e. The van der Waals surface area contributed by atoms with Crippen LogP contribution in [0.4, 0.5) is 18.9 Å². The maximum atomic E-state index is 13.1. The molecule has 2 amide bonds. The first-order valence-corrected chi connectivity index (χ1v) is 10.1. The molecule has 3 aromatic rings. The van der Waals surface area contributed by atoms with Crippen LogP contribution in [-0.4, -0.2) is 41.9 Å². The van der Waals surface area contributed by atoms with Crippen molar-refractivity contribution in [3.8, 4) is 11.1 Å². The van der Waals surface area contributed by atoms with E-state index >= 15 is 0 Å². The molecule has 0 unspecified atom stereocenters. The van der Waals surface area contributed by atoms with E-state index in [2.05, 4.69) is 5.32 Å². The Kier molecular flexibility index (Phi) is 7.05. The fourth-order valence-electron chi connectivity index (χ4n) is 3.36. The number of hydrogen-bond acceptors (Lipinski definition) is 3. The lowest BCUT2D eigenvalue weighted by atomic mass is 9.97. The molecule has 6 nitrogen and oxygen atoms in total. The fraction of sp³-hybridized carbons (Fsp3) is 0.160. The van der Waals surface area contributed by atoms with E-state index < -0.39 is 29.5 Å². The largest absolute Gasteiger partial charge is 0.481 e. The minimum absolute atomic E-state index is 0.115. The van der Waals surface area contributed by atoms with E-state index in [1.807, 2.05) is 0 Å². The Balaban J connectivity index is 1.97. The molecule has 34 heavy (non-hydrogen) atoms. The lowest BCUT2D eigenvalue weighted by Gasteiger charge is -2.17. The van der Waals surface area contributed by atoms with E-state index in [1.54, 1.807) is 18.2 Å². The molecule has 2 N–H and O–H groups in total. The normalized spacial score (nSPS) is 11.1. The number of nitrogens with zero attached hydrogens (tertiary/aromatic N) is 1. The summed E-state index contributed by atoms with van der Waals surface area (Å²) >= 11 is 0. The van der Waals surface area contributed by atoms with Gasteiger partial charge in [0.1, 0.15) is 0 Å². The predicted molar refractivity (Wildman–Crippen MR) is 121 cm³/mol. The molecular formula is C25H21F3N2O4. The van der Waals surface area contributed by atoms with Gasteiger partial charge in [0, 0.05) is 19.7 Å². The van der Waals surface area contributed by atoms with Crippen LogP contribution in [-0.2, 0) is 17.4 Å². The summed E-state index contributed by atoms with van der Waals surface area (Å²) in [6.45, 7) is 0. The number of halogens is 3. The maximum absolute atomic E-state index is 13.1. The zero-order valence-electron chi connectivity index (χ0n) is 18.3. The van der Waals surface area contributed by atoms with Crippen molar-refractivity contribution < 1.29 is 32.7 Å². The molecule has 0 aromatic heterocycles. The Hall–Kier alpha value is -4.14. The van der Waals surface area contributed by atoms with Gasteiger partial charge in [-0.3, -0.25) is 14.4 Å². The average Bonchev–Trinajstić information content (AvgIpc) is 2.78. The first kappa shape index (κ1) is 24.5. The second-order valence-corrected chi connectivity index (χ2v) is 7.72. The summed E-state index contributed by atoms with van der Waals surface area (Å²) in [4.78, 5) is 38.1. The highest BCUT2D eigenvalue weighted by Gasteiger charge is 2.30. The van der Waals surface area contributed by atoms with E-state index in [0.29, 0.717) is 16.7 Å². The van der Waals surface area contributed by atoms with Crippen molar-refractivity contribution in [3.05, 3.63) is 89.0 Å². The molecule has 0 atom stereocenters. The van der Waals surface area contributed by atoms with Gasteiger partial charge in [-0.2, -0.15) is 13.2 Å². The van der Waals surface area contributed by atoms with Crippen molar-refractivity contribution in [2.45, 2.75) is 12.6 Å². The number of benzene rings is 3. The van der Waals surface area contributed by atoms with E-state index in [1.165, 1.54) is 55.4 Å². The number of carbonyl (C=O) groups is 3. The molecule has 0 radical (unpaired) electrons. The predicted octanol–water partition coefficient (Wildman–Crippen LogP) is 4.95. The summed E-state index contributed by atoms with van der Waals surface area (Å²) < 4.78 is 38.7. The minimum Gasteiger partial charge on any atom is -0.481 e. The van der Waals surface area contributed by atoms with Gasteiger partial charge in [0.25, 0.3) is 11.8 Å². The number of carboxylic acid groups (broad SMARTS) is 1. The molecule has 0 heterocycles. The molecule has 0 aliphatic carbocycles. The Labute approximate surface area is 193 Å². The second-order valence-electron chi connectivity index (χ2n) is 7.72. The lowest BCUT2D eigenvalue weighted by Crippen LogP contribution is -2.24. The lowest BCUT2D eigenvalue weighted by molar-refractivity contribution is -0.138. The quantitative estimate of drug-likeness (QED) is 0.534. The third kappa shape index (κ3) is 5.61. The summed E-state index contributed by atoms with van der Waals surface area (Å²) in [6, 6.07) is 15.2. The number of alkyl halides is 3. The van der Waals surface area contributed by atoms with E-state index in [-0.39, 0.29) is 23.2 Å². The Bertz CT molecular complexity index is 1240. The summed E-state index contributed by atoms with van der Waals surface area (Å²) in [5, 5.41) is 11.7. The Morgan fingerprint density at radius 1 is 0.912 bits per heavy atom. The summed E-state index contributed by atoms with van der Waals surface area (Å²) in [5.74, 6) is -2.07. The number of amides is 2. The number of nitrogens with one attached hydrogen (secondary N) is 1. The van der Waals surface area contributed by atoms with Crippen molar-refractivity contribution in [3.63, 3.8) is 0 Å². The topological polar surface area (TPSA) is 86.7 Å². The minimum atomic E-state index is -4.47. The van der Waals surface area contributed by atoms with E-state index in [9.17, 15) is 27.6 Å². The second kappa shape index (κ2) is 9.78. The number of carbonyl (C=O) groups excluding carboxylic acids is 2. The molecule has 0 aliphatic heterocycles. The number of rotatable bonds is 6. The Morgan fingerprint density at radius 3 is 2.15 bits per heavy atom. The van der Waals surface area contributed by atoms with Crippen molar-refractivity contribution in [1.82, 2.24) is 4.90 Å². The first-order chi connectivity index (χ1) is 16.0. The van der Waals surface area contributed by atoms with Crippen LogP contribution in [0.15, 0.2) is 66.7 Å². The summed E-state index contributed by atoms with van der Waals surface area (Å²) in [5.41, 5.74) is 0.911. The molecule has 0 fully saturated rings. The zero-order chi connectivity index (χ0) is 25.0. The average molecular weight is 470 g/mol. The zero-order valence-corrected chi connectivity index (χ0v) is 18.3. The smallest absolute Gasteiger partial charge is 0.416 e. The number of hydrogen-bond donors (Lipinski definition) is 2. The highest BCUT2D eigenvalue weighted by molar-refractivity contribution is 6.11. The van der Waals surface area contributed by atoms with Crippen molar-refractivity contribution in [2.75, 3.05) is 19.4 Å². The van der Waals surface area contributed by atoms with Crippen molar-refractivity contribution in [2.24, 2.45) is 0 Å². The van der Waals surface area contributed by atoms with Gasteiger partial charge in [0.2, 0.25) is 0 Å². The van der Waals surface area contributed by atoms with Crippen LogP contribution >= 0.6 is 0 Å². The first-order valence-electron chi connectivity index (χ1n) is 10.1. The summed E-state index contributed by atoms with van der Waals surface area (Å²) in [6.07, 6.45) is -4.77. The van der Waals surface area contributed by atoms with Gasteiger partial charge in [0.15, 0.2) is 0 Å². The third-order valence-electron chi connectivity index (χ3n) is 5.02. The standard InChI is InChI=1S/C25H21F3N2O4/c1-30(2)24(34)20-13-15(14-22(31)32)7-12-21(20)29-23(33)19-6-4-3-5-18(19)16-8-10-17(11-9-16)25(26,27)28/h3-13H,14H2,1-2H3,(H,29,33)(H,31,32). The van der Waals surface area contributed by atoms with Gasteiger partial charge in [-0.05, 0) is 47.0 Å². The van der Waals surface area contributed by atoms with Crippen LogP contribution in [0.5, 0.6) is 0 Å². The number of aliphatic carboxylic acids is 1. The van der Waals surface area contributed by atoms with Crippen molar-refractivity contribution >= 4 is 23.5 Å². The molecule has 0 bridgehead atoms. The van der Waals surface area contributed by atoms with Gasteiger partial charge in [-0.25, -0.2) is 0 Å².